The average molecular weight is 349 g/mol. The first-order chi connectivity index (χ1) is 11.6. The van der Waals surface area contributed by atoms with Crippen LogP contribution in [0.3, 0.4) is 0 Å². The number of carbonyl (C=O) groups excluding carboxylic acids is 1. The second kappa shape index (κ2) is 12.1. The molecule has 0 radical (unpaired) electrons. The van der Waals surface area contributed by atoms with E-state index in [1.165, 1.54) is 0 Å². The highest BCUT2D eigenvalue weighted by atomic mass is 35.5. The number of hydrogen-bond acceptors (Lipinski definition) is 3. The van der Waals surface area contributed by atoms with Gasteiger partial charge in [-0.3, -0.25) is 9.59 Å². The van der Waals surface area contributed by atoms with Crippen molar-refractivity contribution in [3.63, 3.8) is 0 Å². The highest BCUT2D eigenvalue weighted by Gasteiger charge is 2.01. The van der Waals surface area contributed by atoms with Crippen LogP contribution in [0.5, 0.6) is 0 Å². The number of carbonyl (C=O) groups is 2. The van der Waals surface area contributed by atoms with Gasteiger partial charge in [-0.15, -0.1) is 0 Å². The molecule has 0 aliphatic heterocycles. The molecule has 0 atom stereocenters. The van der Waals surface area contributed by atoms with E-state index < -0.39 is 5.97 Å². The van der Waals surface area contributed by atoms with Gasteiger partial charge >= 0.3 is 11.9 Å². The van der Waals surface area contributed by atoms with Gasteiger partial charge in [0.25, 0.3) is 0 Å². The molecule has 0 bridgehead atoms. The highest BCUT2D eigenvalue weighted by molar-refractivity contribution is 6.17. The number of halogens is 1. The topological polar surface area (TPSA) is 63.6 Å². The van der Waals surface area contributed by atoms with Gasteiger partial charge < -0.3 is 9.84 Å². The largest absolute Gasteiger partial charge is 0.481 e. The summed E-state index contributed by atoms with van der Waals surface area (Å²) in [6, 6.07) is 19.4. The molecule has 1 N–H and O–H groups in total. The summed E-state index contributed by atoms with van der Waals surface area (Å²) >= 11 is 5.24. The Morgan fingerprint density at radius 3 is 1.71 bits per heavy atom. The fourth-order valence-corrected chi connectivity index (χ4v) is 2.04. The molecule has 128 valence electrons. The van der Waals surface area contributed by atoms with E-state index in [-0.39, 0.29) is 18.5 Å². The van der Waals surface area contributed by atoms with Gasteiger partial charge in [0.05, 0.1) is 0 Å². The number of esters is 1. The minimum atomic E-state index is -0.742. The van der Waals surface area contributed by atoms with E-state index in [9.17, 15) is 9.59 Å². The fourth-order valence-electron chi connectivity index (χ4n) is 1.92. The first-order valence-corrected chi connectivity index (χ1v) is 8.16. The van der Waals surface area contributed by atoms with Crippen molar-refractivity contribution in [2.75, 3.05) is 6.07 Å². The first kappa shape index (κ1) is 19.7. The third kappa shape index (κ3) is 9.64. The number of carboxylic acid groups (broad SMARTS) is 1. The fraction of sp³-hybridized carbons (Fsp3) is 0.263. The van der Waals surface area contributed by atoms with E-state index in [1.807, 2.05) is 60.7 Å². The molecule has 24 heavy (non-hydrogen) atoms. The molecule has 0 spiro atoms. The van der Waals surface area contributed by atoms with Gasteiger partial charge in [-0.1, -0.05) is 72.3 Å². The SMILES string of the molecule is O=C(CCc1ccccc1)OCCl.O=C(O)CCc1ccccc1. The lowest BCUT2D eigenvalue weighted by molar-refractivity contribution is -0.141. The number of rotatable bonds is 7. The van der Waals surface area contributed by atoms with Gasteiger partial charge in [-0.2, -0.15) is 0 Å². The predicted octanol–water partition coefficient (Wildman–Crippen LogP) is 4.06. The molecule has 0 saturated heterocycles. The Labute approximate surface area is 147 Å². The molecular formula is C19H21ClO4. The Kier molecular flexibility index (Phi) is 9.97. The summed E-state index contributed by atoms with van der Waals surface area (Å²) < 4.78 is 4.59. The molecule has 5 heteroatoms. The Balaban J connectivity index is 0.000000243. The van der Waals surface area contributed by atoms with E-state index >= 15 is 0 Å². The molecule has 2 aromatic carbocycles. The summed E-state index contributed by atoms with van der Waals surface area (Å²) in [6.45, 7) is 0. The lowest BCUT2D eigenvalue weighted by Crippen LogP contribution is -2.04. The predicted molar refractivity (Wildman–Crippen MR) is 94.0 cm³/mol. The van der Waals surface area contributed by atoms with Crippen LogP contribution < -0.4 is 0 Å². The van der Waals surface area contributed by atoms with Crippen molar-refractivity contribution in [3.8, 4) is 0 Å². The zero-order valence-electron chi connectivity index (χ0n) is 13.4. The molecule has 0 fully saturated rings. The summed E-state index contributed by atoms with van der Waals surface area (Å²) in [5, 5.41) is 8.37. The molecule has 0 amide bonds. The van der Waals surface area contributed by atoms with E-state index in [1.54, 1.807) is 0 Å². The van der Waals surface area contributed by atoms with Gasteiger partial charge in [-0.05, 0) is 24.0 Å². The van der Waals surface area contributed by atoms with Crippen molar-refractivity contribution < 1.29 is 19.4 Å². The number of aryl methyl sites for hydroxylation is 2. The van der Waals surface area contributed by atoms with Crippen LogP contribution in [0.15, 0.2) is 60.7 Å². The smallest absolute Gasteiger partial charge is 0.307 e. The maximum atomic E-state index is 10.9. The third-order valence-corrected chi connectivity index (χ3v) is 3.26. The van der Waals surface area contributed by atoms with E-state index in [0.717, 1.165) is 11.1 Å². The van der Waals surface area contributed by atoms with Gasteiger partial charge in [0, 0.05) is 12.8 Å². The van der Waals surface area contributed by atoms with Crippen molar-refractivity contribution in [1.29, 1.82) is 0 Å². The van der Waals surface area contributed by atoms with Gasteiger partial charge in [0.15, 0.2) is 6.07 Å². The maximum Gasteiger partial charge on any atom is 0.307 e. The summed E-state index contributed by atoms with van der Waals surface area (Å²) in [6.07, 6.45) is 1.92. The molecule has 0 aromatic heterocycles. The van der Waals surface area contributed by atoms with Crippen LogP contribution in [0.4, 0.5) is 0 Å². The Morgan fingerprint density at radius 2 is 1.29 bits per heavy atom. The Bertz CT molecular complexity index is 599. The number of benzene rings is 2. The summed E-state index contributed by atoms with van der Waals surface area (Å²) in [5.41, 5.74) is 2.21. The third-order valence-electron chi connectivity index (χ3n) is 3.15. The van der Waals surface area contributed by atoms with Crippen LogP contribution in [0.1, 0.15) is 24.0 Å². The Hall–Kier alpha value is -2.33. The molecule has 0 saturated carbocycles. The van der Waals surface area contributed by atoms with Gasteiger partial charge in [-0.25, -0.2) is 0 Å². The van der Waals surface area contributed by atoms with Crippen LogP contribution >= 0.6 is 11.6 Å². The van der Waals surface area contributed by atoms with Crippen molar-refractivity contribution in [1.82, 2.24) is 0 Å². The van der Waals surface area contributed by atoms with Crippen LogP contribution in [0.25, 0.3) is 0 Å². The quantitative estimate of drug-likeness (QED) is 0.605. The first-order valence-electron chi connectivity index (χ1n) is 7.63. The average Bonchev–Trinajstić information content (AvgIpc) is 2.61. The number of aliphatic carboxylic acids is 1. The summed E-state index contributed by atoms with van der Waals surface area (Å²) in [5.74, 6) is -0.993. The molecule has 4 nitrogen and oxygen atoms in total. The number of carboxylic acids is 1. The number of ether oxygens (including phenoxy) is 1. The molecule has 2 aromatic rings. The lowest BCUT2D eigenvalue weighted by Gasteiger charge is -2.00. The molecule has 0 aliphatic rings. The second-order valence-corrected chi connectivity index (χ2v) is 5.21. The van der Waals surface area contributed by atoms with Crippen LogP contribution in [0, 0.1) is 0 Å². The van der Waals surface area contributed by atoms with E-state index in [2.05, 4.69) is 4.74 Å². The van der Waals surface area contributed by atoms with Crippen LogP contribution in [-0.4, -0.2) is 23.1 Å². The van der Waals surface area contributed by atoms with Crippen molar-refractivity contribution >= 4 is 23.5 Å². The van der Waals surface area contributed by atoms with Crippen molar-refractivity contribution in [2.24, 2.45) is 0 Å². The van der Waals surface area contributed by atoms with Crippen molar-refractivity contribution in [3.05, 3.63) is 71.8 Å². The minimum Gasteiger partial charge on any atom is -0.481 e. The lowest BCUT2D eigenvalue weighted by atomic mass is 10.1. The molecule has 0 heterocycles. The Morgan fingerprint density at radius 1 is 0.833 bits per heavy atom. The molecule has 0 aliphatic carbocycles. The summed E-state index contributed by atoms with van der Waals surface area (Å²) in [4.78, 5) is 21.1. The normalized spacial score (nSPS) is 9.54. The monoisotopic (exact) mass is 348 g/mol. The zero-order chi connectivity index (χ0) is 17.6. The maximum absolute atomic E-state index is 10.9. The second-order valence-electron chi connectivity index (χ2n) is 4.99. The van der Waals surface area contributed by atoms with Gasteiger partial charge in [0.2, 0.25) is 0 Å². The summed E-state index contributed by atoms with van der Waals surface area (Å²) in [7, 11) is 0. The standard InChI is InChI=1S/C10H11ClO2.C9H10O2/c11-8-13-10(12)7-6-9-4-2-1-3-5-9;10-9(11)7-6-8-4-2-1-3-5-8/h1-5H,6-8H2;1-5H,6-7H2,(H,10,11). The van der Waals surface area contributed by atoms with E-state index in [4.69, 9.17) is 16.7 Å². The molecular weight excluding hydrogens is 328 g/mol. The van der Waals surface area contributed by atoms with Crippen LogP contribution in [0.2, 0.25) is 0 Å². The van der Waals surface area contributed by atoms with Crippen molar-refractivity contribution in [2.45, 2.75) is 25.7 Å². The number of alkyl halides is 1. The molecule has 2 rings (SSSR count). The zero-order valence-corrected chi connectivity index (χ0v) is 14.1. The van der Waals surface area contributed by atoms with E-state index in [0.29, 0.717) is 19.3 Å². The molecule has 0 unspecified atom stereocenters. The van der Waals surface area contributed by atoms with Crippen LogP contribution in [-0.2, 0) is 27.2 Å². The highest BCUT2D eigenvalue weighted by Crippen LogP contribution is 2.03. The number of hydrogen-bond donors (Lipinski definition) is 1. The minimum absolute atomic E-state index is 0.0619. The van der Waals surface area contributed by atoms with Gasteiger partial charge in [0.1, 0.15) is 0 Å².